The molecule has 1 aliphatic rings. The van der Waals surface area contributed by atoms with Crippen LogP contribution < -0.4 is 0 Å². The minimum Gasteiger partial charge on any atom is -0.385 e. The number of nitrogens with zero attached hydrogens (tertiary/aromatic N) is 1. The zero-order valence-corrected chi connectivity index (χ0v) is 10.6. The fourth-order valence-electron chi connectivity index (χ4n) is 1.76. The molecule has 0 spiro atoms. The summed E-state index contributed by atoms with van der Waals surface area (Å²) in [7, 11) is 3.99. The van der Waals surface area contributed by atoms with Crippen molar-refractivity contribution in [3.8, 4) is 0 Å². The highest BCUT2D eigenvalue weighted by molar-refractivity contribution is 4.80. The van der Waals surface area contributed by atoms with Gasteiger partial charge in [-0.15, -0.1) is 0 Å². The highest BCUT2D eigenvalue weighted by Crippen LogP contribution is 2.33. The van der Waals surface area contributed by atoms with Gasteiger partial charge in [0.2, 0.25) is 0 Å². The SMILES string of the molecule is CC.COCCC1(C)CCN(C)CC1. The molecule has 0 bridgehead atoms. The normalized spacial score (nSPS) is 21.2. The zero-order valence-electron chi connectivity index (χ0n) is 10.6. The number of piperidine rings is 1. The molecular weight excluding hydrogens is 174 g/mol. The molecule has 14 heavy (non-hydrogen) atoms. The minimum atomic E-state index is 0.544. The number of hydrogen-bond donors (Lipinski definition) is 0. The van der Waals surface area contributed by atoms with E-state index in [0.717, 1.165) is 6.61 Å². The lowest BCUT2D eigenvalue weighted by Gasteiger charge is -2.37. The Morgan fingerprint density at radius 1 is 1.21 bits per heavy atom. The molecule has 2 nitrogen and oxygen atoms in total. The molecule has 0 aromatic rings. The summed E-state index contributed by atoms with van der Waals surface area (Å²) in [6.45, 7) is 9.81. The van der Waals surface area contributed by atoms with E-state index in [1.54, 1.807) is 7.11 Å². The van der Waals surface area contributed by atoms with Crippen molar-refractivity contribution in [1.82, 2.24) is 4.90 Å². The van der Waals surface area contributed by atoms with Crippen LogP contribution in [0.5, 0.6) is 0 Å². The van der Waals surface area contributed by atoms with E-state index in [-0.39, 0.29) is 0 Å². The molecule has 1 heterocycles. The van der Waals surface area contributed by atoms with E-state index in [1.165, 1.54) is 32.4 Å². The quantitative estimate of drug-likeness (QED) is 0.696. The molecule has 0 aromatic carbocycles. The van der Waals surface area contributed by atoms with Crippen LogP contribution in [0.4, 0.5) is 0 Å². The first-order valence-corrected chi connectivity index (χ1v) is 5.84. The molecule has 0 aromatic heterocycles. The van der Waals surface area contributed by atoms with Crippen LogP contribution >= 0.6 is 0 Å². The number of rotatable bonds is 3. The Kier molecular flexibility index (Phi) is 7.20. The van der Waals surface area contributed by atoms with E-state index in [2.05, 4.69) is 18.9 Å². The molecule has 1 saturated heterocycles. The number of methoxy groups -OCH3 is 1. The number of ether oxygens (including phenoxy) is 1. The largest absolute Gasteiger partial charge is 0.385 e. The first-order chi connectivity index (χ1) is 6.66. The van der Waals surface area contributed by atoms with Crippen LogP contribution in [0, 0.1) is 5.41 Å². The highest BCUT2D eigenvalue weighted by Gasteiger charge is 2.27. The smallest absolute Gasteiger partial charge is 0.0467 e. The summed E-state index contributed by atoms with van der Waals surface area (Å²) in [4.78, 5) is 2.41. The van der Waals surface area contributed by atoms with Gasteiger partial charge in [-0.1, -0.05) is 20.8 Å². The second kappa shape index (κ2) is 7.24. The predicted molar refractivity (Wildman–Crippen MR) is 62.7 cm³/mol. The van der Waals surface area contributed by atoms with Crippen molar-refractivity contribution in [1.29, 1.82) is 0 Å². The van der Waals surface area contributed by atoms with Gasteiger partial charge in [-0.05, 0) is 44.8 Å². The third-order valence-electron chi connectivity index (χ3n) is 3.10. The third kappa shape index (κ3) is 4.97. The first-order valence-electron chi connectivity index (χ1n) is 5.84. The van der Waals surface area contributed by atoms with Crippen molar-refractivity contribution in [2.24, 2.45) is 5.41 Å². The monoisotopic (exact) mass is 201 g/mol. The maximum absolute atomic E-state index is 5.12. The Morgan fingerprint density at radius 2 is 1.71 bits per heavy atom. The molecule has 0 amide bonds. The Morgan fingerprint density at radius 3 is 2.14 bits per heavy atom. The van der Waals surface area contributed by atoms with Crippen LogP contribution in [0.1, 0.15) is 40.0 Å². The van der Waals surface area contributed by atoms with Crippen LogP contribution in [-0.4, -0.2) is 38.8 Å². The molecule has 0 radical (unpaired) electrons. The molecule has 1 aliphatic heterocycles. The lowest BCUT2D eigenvalue weighted by molar-refractivity contribution is 0.0876. The summed E-state index contributed by atoms with van der Waals surface area (Å²) in [6.07, 6.45) is 3.87. The van der Waals surface area contributed by atoms with Crippen molar-refractivity contribution in [3.05, 3.63) is 0 Å². The molecule has 0 saturated carbocycles. The summed E-state index contributed by atoms with van der Waals surface area (Å²) >= 11 is 0. The Bertz CT molecular complexity index is 123. The predicted octanol–water partition coefficient (Wildman–Crippen LogP) is 2.78. The van der Waals surface area contributed by atoms with Crippen molar-refractivity contribution < 1.29 is 4.74 Å². The fourth-order valence-corrected chi connectivity index (χ4v) is 1.76. The molecule has 1 rings (SSSR count). The lowest BCUT2D eigenvalue weighted by atomic mass is 9.78. The van der Waals surface area contributed by atoms with Crippen LogP contribution in [0.3, 0.4) is 0 Å². The highest BCUT2D eigenvalue weighted by atomic mass is 16.5. The topological polar surface area (TPSA) is 12.5 Å². The third-order valence-corrected chi connectivity index (χ3v) is 3.10. The summed E-state index contributed by atoms with van der Waals surface area (Å²) in [5.41, 5.74) is 0.544. The van der Waals surface area contributed by atoms with Gasteiger partial charge >= 0.3 is 0 Å². The van der Waals surface area contributed by atoms with Crippen molar-refractivity contribution in [2.75, 3.05) is 33.9 Å². The van der Waals surface area contributed by atoms with E-state index < -0.39 is 0 Å². The van der Waals surface area contributed by atoms with Gasteiger partial charge in [0.1, 0.15) is 0 Å². The average molecular weight is 201 g/mol. The second-order valence-electron chi connectivity index (χ2n) is 4.36. The molecule has 0 atom stereocenters. The maximum Gasteiger partial charge on any atom is 0.0467 e. The van der Waals surface area contributed by atoms with E-state index in [1.807, 2.05) is 13.8 Å². The van der Waals surface area contributed by atoms with Crippen LogP contribution in [-0.2, 0) is 4.74 Å². The van der Waals surface area contributed by atoms with E-state index in [0.29, 0.717) is 5.41 Å². The van der Waals surface area contributed by atoms with Gasteiger partial charge in [-0.2, -0.15) is 0 Å². The van der Waals surface area contributed by atoms with Crippen LogP contribution in [0.2, 0.25) is 0 Å². The van der Waals surface area contributed by atoms with Gasteiger partial charge in [-0.25, -0.2) is 0 Å². The lowest BCUT2D eigenvalue weighted by Crippen LogP contribution is -2.36. The van der Waals surface area contributed by atoms with E-state index in [4.69, 9.17) is 4.74 Å². The zero-order chi connectivity index (χ0) is 11.0. The van der Waals surface area contributed by atoms with Gasteiger partial charge in [0.25, 0.3) is 0 Å². The number of hydrogen-bond acceptors (Lipinski definition) is 2. The Hall–Kier alpha value is -0.0800. The summed E-state index contributed by atoms with van der Waals surface area (Å²) in [5.74, 6) is 0. The van der Waals surface area contributed by atoms with Gasteiger partial charge in [-0.3, -0.25) is 0 Å². The summed E-state index contributed by atoms with van der Waals surface area (Å²) in [5, 5.41) is 0. The average Bonchev–Trinajstić information content (AvgIpc) is 2.23. The van der Waals surface area contributed by atoms with Crippen molar-refractivity contribution >= 4 is 0 Å². The first kappa shape index (κ1) is 13.9. The van der Waals surface area contributed by atoms with E-state index >= 15 is 0 Å². The minimum absolute atomic E-state index is 0.544. The van der Waals surface area contributed by atoms with Crippen LogP contribution in [0.15, 0.2) is 0 Å². The summed E-state index contributed by atoms with van der Waals surface area (Å²) in [6, 6.07) is 0. The standard InChI is InChI=1S/C10H21NO.C2H6/c1-10(6-9-12-3)4-7-11(2)8-5-10;1-2/h4-9H2,1-3H3;1-2H3. The van der Waals surface area contributed by atoms with Crippen molar-refractivity contribution in [2.45, 2.75) is 40.0 Å². The van der Waals surface area contributed by atoms with Gasteiger partial charge in [0, 0.05) is 13.7 Å². The number of likely N-dealkylation sites (tertiary alicyclic amines) is 1. The summed E-state index contributed by atoms with van der Waals surface area (Å²) < 4.78 is 5.12. The molecule has 0 aliphatic carbocycles. The molecule has 2 heteroatoms. The second-order valence-corrected chi connectivity index (χ2v) is 4.36. The van der Waals surface area contributed by atoms with E-state index in [9.17, 15) is 0 Å². The van der Waals surface area contributed by atoms with Crippen molar-refractivity contribution in [3.63, 3.8) is 0 Å². The molecule has 1 fully saturated rings. The van der Waals surface area contributed by atoms with Gasteiger partial charge in [0.05, 0.1) is 0 Å². The maximum atomic E-state index is 5.12. The molecule has 0 unspecified atom stereocenters. The molecular formula is C12H27NO. The van der Waals surface area contributed by atoms with Gasteiger partial charge < -0.3 is 9.64 Å². The Labute approximate surface area is 89.6 Å². The molecule has 86 valence electrons. The van der Waals surface area contributed by atoms with Gasteiger partial charge in [0.15, 0.2) is 0 Å². The molecule has 0 N–H and O–H groups in total. The van der Waals surface area contributed by atoms with Crippen LogP contribution in [0.25, 0.3) is 0 Å². The Balaban J connectivity index is 0.000000791. The fraction of sp³-hybridized carbons (Fsp3) is 1.00.